The first-order valence-corrected chi connectivity index (χ1v) is 7.69. The van der Waals surface area contributed by atoms with Gasteiger partial charge in [-0.05, 0) is 12.5 Å². The average Bonchev–Trinajstić information content (AvgIpc) is 2.78. The molecule has 1 heterocycles. The van der Waals surface area contributed by atoms with Gasteiger partial charge in [0.05, 0.1) is 10.8 Å². The largest absolute Gasteiger partial charge is 0.363 e. The van der Waals surface area contributed by atoms with Gasteiger partial charge in [0, 0.05) is 25.5 Å². The minimum Gasteiger partial charge on any atom is -0.363 e. The Morgan fingerprint density at radius 2 is 2.12 bits per heavy atom. The first kappa shape index (κ1) is 14.5. The highest BCUT2D eigenvalue weighted by Crippen LogP contribution is 2.17. The molecule has 0 aliphatic rings. The van der Waals surface area contributed by atoms with Gasteiger partial charge < -0.3 is 4.98 Å². The maximum atomic E-state index is 12.1. The molecule has 1 N–H and O–H groups in total. The van der Waals surface area contributed by atoms with E-state index in [0.29, 0.717) is 12.2 Å². The van der Waals surface area contributed by atoms with Gasteiger partial charge in [0.1, 0.15) is 0 Å². The second-order valence-electron chi connectivity index (χ2n) is 4.03. The van der Waals surface area contributed by atoms with Crippen LogP contribution in [0.5, 0.6) is 0 Å². The minimum absolute atomic E-state index is 0.284. The van der Waals surface area contributed by atoms with E-state index in [4.69, 9.17) is 11.6 Å². The van der Waals surface area contributed by atoms with Gasteiger partial charge in [0.15, 0.2) is 0 Å². The molecule has 0 atom stereocenters. The summed E-state index contributed by atoms with van der Waals surface area (Å²) in [4.78, 5) is 3.13. The summed E-state index contributed by atoms with van der Waals surface area (Å²) in [7, 11) is -1.76. The van der Waals surface area contributed by atoms with Crippen LogP contribution in [-0.2, 0) is 15.9 Å². The SMILES string of the molecule is CCCCCN(C)S(=O)(=O)c1c[nH]c(CCl)c1. The molecule has 6 heteroatoms. The fraction of sp³-hybridized carbons (Fsp3) is 0.636. The number of aromatic amines is 1. The van der Waals surface area contributed by atoms with Crippen molar-refractivity contribution >= 4 is 21.6 Å². The molecule has 0 bridgehead atoms. The molecule has 1 aromatic rings. The fourth-order valence-corrected chi connectivity index (χ4v) is 2.91. The van der Waals surface area contributed by atoms with Crippen molar-refractivity contribution in [1.82, 2.24) is 9.29 Å². The van der Waals surface area contributed by atoms with Crippen LogP contribution in [0.25, 0.3) is 0 Å². The van der Waals surface area contributed by atoms with E-state index in [9.17, 15) is 8.42 Å². The van der Waals surface area contributed by atoms with Crippen molar-refractivity contribution in [2.75, 3.05) is 13.6 Å². The van der Waals surface area contributed by atoms with Crippen molar-refractivity contribution in [2.24, 2.45) is 0 Å². The molecule has 0 unspecified atom stereocenters. The molecule has 0 radical (unpaired) electrons. The van der Waals surface area contributed by atoms with E-state index in [1.807, 2.05) is 0 Å². The minimum atomic E-state index is -3.37. The second kappa shape index (κ2) is 6.42. The lowest BCUT2D eigenvalue weighted by Crippen LogP contribution is -2.27. The third kappa shape index (κ3) is 3.72. The Bertz CT molecular complexity index is 442. The van der Waals surface area contributed by atoms with E-state index in [0.717, 1.165) is 19.3 Å². The molecule has 0 aliphatic heterocycles. The lowest BCUT2D eigenvalue weighted by Gasteiger charge is -2.15. The van der Waals surface area contributed by atoms with Crippen LogP contribution < -0.4 is 0 Å². The summed E-state index contributed by atoms with van der Waals surface area (Å²) in [6, 6.07) is 1.58. The number of unbranched alkanes of at least 4 members (excludes halogenated alkanes) is 2. The number of H-pyrrole nitrogens is 1. The van der Waals surface area contributed by atoms with Crippen LogP contribution in [0.3, 0.4) is 0 Å². The Balaban J connectivity index is 2.73. The zero-order chi connectivity index (χ0) is 12.9. The van der Waals surface area contributed by atoms with Gasteiger partial charge in [0.2, 0.25) is 10.0 Å². The van der Waals surface area contributed by atoms with Gasteiger partial charge in [0.25, 0.3) is 0 Å². The highest BCUT2D eigenvalue weighted by atomic mass is 35.5. The Labute approximate surface area is 108 Å². The molecule has 17 heavy (non-hydrogen) atoms. The summed E-state index contributed by atoms with van der Waals surface area (Å²) in [6.45, 7) is 2.64. The number of sulfonamides is 1. The number of rotatable bonds is 7. The van der Waals surface area contributed by atoms with Crippen LogP contribution in [-0.4, -0.2) is 31.3 Å². The molecule has 1 aromatic heterocycles. The smallest absolute Gasteiger partial charge is 0.244 e. The Kier molecular flexibility index (Phi) is 5.49. The summed E-state index contributed by atoms with van der Waals surface area (Å²) in [6.07, 6.45) is 4.50. The van der Waals surface area contributed by atoms with E-state index in [1.165, 1.54) is 10.5 Å². The van der Waals surface area contributed by atoms with Gasteiger partial charge in [-0.2, -0.15) is 0 Å². The summed E-state index contributed by atoms with van der Waals surface area (Å²) >= 11 is 5.63. The number of nitrogens with one attached hydrogen (secondary N) is 1. The van der Waals surface area contributed by atoms with Crippen LogP contribution in [0.1, 0.15) is 31.9 Å². The number of aromatic nitrogens is 1. The van der Waals surface area contributed by atoms with E-state index >= 15 is 0 Å². The molecule has 0 amide bonds. The highest BCUT2D eigenvalue weighted by molar-refractivity contribution is 7.89. The van der Waals surface area contributed by atoms with Crippen LogP contribution >= 0.6 is 11.6 Å². The molecule has 0 fully saturated rings. The van der Waals surface area contributed by atoms with Gasteiger partial charge in [-0.1, -0.05) is 19.8 Å². The zero-order valence-corrected chi connectivity index (χ0v) is 11.8. The first-order chi connectivity index (χ1) is 8.02. The van der Waals surface area contributed by atoms with E-state index in [2.05, 4.69) is 11.9 Å². The van der Waals surface area contributed by atoms with Crippen LogP contribution in [0.15, 0.2) is 17.2 Å². The van der Waals surface area contributed by atoms with Crippen molar-refractivity contribution in [2.45, 2.75) is 37.0 Å². The molecule has 98 valence electrons. The maximum Gasteiger partial charge on any atom is 0.244 e. The third-order valence-corrected chi connectivity index (χ3v) is 4.77. The van der Waals surface area contributed by atoms with Gasteiger partial charge >= 0.3 is 0 Å². The van der Waals surface area contributed by atoms with Crippen molar-refractivity contribution < 1.29 is 8.42 Å². The number of halogens is 1. The fourth-order valence-electron chi connectivity index (χ4n) is 1.53. The summed E-state index contributed by atoms with van der Waals surface area (Å²) in [5.74, 6) is 0.287. The molecule has 0 saturated heterocycles. The van der Waals surface area contributed by atoms with Gasteiger partial charge in [-0.25, -0.2) is 12.7 Å². The Morgan fingerprint density at radius 3 is 2.65 bits per heavy atom. The van der Waals surface area contributed by atoms with Crippen molar-refractivity contribution in [3.63, 3.8) is 0 Å². The number of alkyl halides is 1. The Morgan fingerprint density at radius 1 is 1.41 bits per heavy atom. The van der Waals surface area contributed by atoms with Crippen LogP contribution in [0.2, 0.25) is 0 Å². The zero-order valence-electron chi connectivity index (χ0n) is 10.2. The van der Waals surface area contributed by atoms with Crippen LogP contribution in [0.4, 0.5) is 0 Å². The summed E-state index contributed by atoms with van der Waals surface area (Å²) in [5, 5.41) is 0. The van der Waals surface area contributed by atoms with Crippen molar-refractivity contribution in [1.29, 1.82) is 0 Å². The molecule has 0 saturated carbocycles. The monoisotopic (exact) mass is 278 g/mol. The average molecular weight is 279 g/mol. The quantitative estimate of drug-likeness (QED) is 0.616. The lowest BCUT2D eigenvalue weighted by molar-refractivity contribution is 0.454. The van der Waals surface area contributed by atoms with E-state index in [-0.39, 0.29) is 10.8 Å². The lowest BCUT2D eigenvalue weighted by atomic mass is 10.2. The van der Waals surface area contributed by atoms with E-state index in [1.54, 1.807) is 13.1 Å². The van der Waals surface area contributed by atoms with Crippen molar-refractivity contribution in [3.05, 3.63) is 18.0 Å². The van der Waals surface area contributed by atoms with Crippen LogP contribution in [0, 0.1) is 0 Å². The summed E-state index contributed by atoms with van der Waals surface area (Å²) < 4.78 is 25.6. The predicted octanol–water partition coefficient (Wildman–Crippen LogP) is 2.56. The molecule has 0 aromatic carbocycles. The molecule has 0 spiro atoms. The maximum absolute atomic E-state index is 12.1. The standard InChI is InChI=1S/C11H19ClN2O2S/c1-3-4-5-6-14(2)17(15,16)11-7-10(8-12)13-9-11/h7,9,13H,3-6,8H2,1-2H3. The highest BCUT2D eigenvalue weighted by Gasteiger charge is 2.21. The third-order valence-electron chi connectivity index (χ3n) is 2.65. The molecule has 0 aliphatic carbocycles. The molecule has 1 rings (SSSR count). The molecule has 4 nitrogen and oxygen atoms in total. The normalized spacial score (nSPS) is 12.2. The first-order valence-electron chi connectivity index (χ1n) is 5.72. The van der Waals surface area contributed by atoms with Crippen molar-refractivity contribution in [3.8, 4) is 0 Å². The molecular weight excluding hydrogens is 260 g/mol. The number of nitrogens with zero attached hydrogens (tertiary/aromatic N) is 1. The van der Waals surface area contributed by atoms with Gasteiger partial charge in [-0.15, -0.1) is 11.6 Å². The Hall–Kier alpha value is -0.520. The molecular formula is C11H19ClN2O2S. The topological polar surface area (TPSA) is 53.2 Å². The van der Waals surface area contributed by atoms with E-state index < -0.39 is 10.0 Å². The number of hydrogen-bond donors (Lipinski definition) is 1. The summed E-state index contributed by atoms with van der Waals surface area (Å²) in [5.41, 5.74) is 0.715. The predicted molar refractivity (Wildman–Crippen MR) is 69.7 cm³/mol. The number of hydrogen-bond acceptors (Lipinski definition) is 2. The van der Waals surface area contributed by atoms with Gasteiger partial charge in [-0.3, -0.25) is 0 Å². The second-order valence-corrected chi connectivity index (χ2v) is 6.34.